The molecule has 0 radical (unpaired) electrons. The molecule has 0 heterocycles. The molecule has 0 amide bonds. The van der Waals surface area contributed by atoms with Crippen LogP contribution in [-0.4, -0.2) is 25.6 Å². The van der Waals surface area contributed by atoms with E-state index in [-0.39, 0.29) is 11.4 Å². The Balaban J connectivity index is 2.53. The number of hydrogen-bond donors (Lipinski definition) is 1. The molecular formula is C13H18F3NO2. The summed E-state index contributed by atoms with van der Waals surface area (Å²) >= 11 is 0. The molecule has 0 unspecified atom stereocenters. The van der Waals surface area contributed by atoms with Gasteiger partial charge in [-0.3, -0.25) is 0 Å². The lowest BCUT2D eigenvalue weighted by atomic mass is 10.1. The van der Waals surface area contributed by atoms with Crippen molar-refractivity contribution >= 4 is 0 Å². The highest BCUT2D eigenvalue weighted by Gasteiger charge is 2.31. The minimum absolute atomic E-state index is 0.210. The molecule has 1 N–H and O–H groups in total. The van der Waals surface area contributed by atoms with Crippen LogP contribution in [-0.2, 0) is 11.3 Å². The zero-order chi connectivity index (χ0) is 14.5. The zero-order valence-corrected chi connectivity index (χ0v) is 11.2. The highest BCUT2D eigenvalue weighted by atomic mass is 19.4. The van der Waals surface area contributed by atoms with Gasteiger partial charge in [-0.2, -0.15) is 0 Å². The summed E-state index contributed by atoms with van der Waals surface area (Å²) in [6, 6.07) is 5.89. The average molecular weight is 277 g/mol. The van der Waals surface area contributed by atoms with E-state index in [2.05, 4.69) is 10.1 Å². The molecule has 6 heteroatoms. The molecule has 0 aliphatic carbocycles. The third-order valence-corrected chi connectivity index (χ3v) is 2.56. The molecule has 0 aliphatic heterocycles. The lowest BCUT2D eigenvalue weighted by molar-refractivity contribution is -0.274. The Hall–Kier alpha value is -1.27. The van der Waals surface area contributed by atoms with E-state index in [1.807, 2.05) is 13.8 Å². The van der Waals surface area contributed by atoms with Gasteiger partial charge in [0.2, 0.25) is 0 Å². The Morgan fingerprint density at radius 3 is 2.47 bits per heavy atom. The molecule has 19 heavy (non-hydrogen) atoms. The predicted octanol–water partition coefficient (Wildman–Crippen LogP) is 3.10. The van der Waals surface area contributed by atoms with Gasteiger partial charge in [-0.15, -0.1) is 13.2 Å². The number of hydrogen-bond acceptors (Lipinski definition) is 3. The molecule has 0 spiro atoms. The molecule has 0 bridgehead atoms. The summed E-state index contributed by atoms with van der Waals surface area (Å²) in [7, 11) is 1.61. The molecule has 3 nitrogen and oxygen atoms in total. The molecule has 0 fully saturated rings. The van der Waals surface area contributed by atoms with Crippen LogP contribution in [0, 0.1) is 0 Å². The molecule has 0 aromatic heterocycles. The summed E-state index contributed by atoms with van der Waals surface area (Å²) < 4.78 is 45.3. The van der Waals surface area contributed by atoms with Crippen molar-refractivity contribution < 1.29 is 22.6 Å². The standard InChI is InChI=1S/C13H18F3NO2/c1-12(2,18-3)9-17-8-10-5-4-6-11(7-10)19-13(14,15)16/h4-7,17H,8-9H2,1-3H3. The molecule has 0 atom stereocenters. The molecule has 0 saturated carbocycles. The van der Waals surface area contributed by atoms with Crippen LogP contribution in [0.15, 0.2) is 24.3 Å². The second-order valence-corrected chi connectivity index (χ2v) is 4.76. The largest absolute Gasteiger partial charge is 0.573 e. The highest BCUT2D eigenvalue weighted by Crippen LogP contribution is 2.23. The van der Waals surface area contributed by atoms with Crippen molar-refractivity contribution in [2.75, 3.05) is 13.7 Å². The number of alkyl halides is 3. The first kappa shape index (κ1) is 15.8. The fourth-order valence-electron chi connectivity index (χ4n) is 1.43. The smallest absolute Gasteiger partial charge is 0.406 e. The van der Waals surface area contributed by atoms with Gasteiger partial charge in [0.25, 0.3) is 0 Å². The molecule has 1 aromatic carbocycles. The summed E-state index contributed by atoms with van der Waals surface area (Å²) in [5.74, 6) is -0.210. The van der Waals surface area contributed by atoms with Crippen LogP contribution in [0.1, 0.15) is 19.4 Å². The minimum Gasteiger partial charge on any atom is -0.406 e. The minimum atomic E-state index is -4.66. The van der Waals surface area contributed by atoms with Crippen LogP contribution in [0.2, 0.25) is 0 Å². The predicted molar refractivity (Wildman–Crippen MR) is 65.9 cm³/mol. The van der Waals surface area contributed by atoms with Crippen LogP contribution < -0.4 is 10.1 Å². The molecule has 0 aliphatic rings. The van der Waals surface area contributed by atoms with E-state index in [0.717, 1.165) is 0 Å². The lowest BCUT2D eigenvalue weighted by Crippen LogP contribution is -2.36. The number of rotatable bonds is 6. The van der Waals surface area contributed by atoms with Crippen molar-refractivity contribution in [3.05, 3.63) is 29.8 Å². The van der Waals surface area contributed by atoms with E-state index in [0.29, 0.717) is 18.7 Å². The van der Waals surface area contributed by atoms with Crippen molar-refractivity contribution in [2.45, 2.75) is 32.4 Å². The van der Waals surface area contributed by atoms with Gasteiger partial charge in [0.1, 0.15) is 5.75 Å². The Bertz CT molecular complexity index is 405. The van der Waals surface area contributed by atoms with Gasteiger partial charge >= 0.3 is 6.36 Å². The van der Waals surface area contributed by atoms with Crippen LogP contribution in [0.3, 0.4) is 0 Å². The Morgan fingerprint density at radius 2 is 1.89 bits per heavy atom. The maximum Gasteiger partial charge on any atom is 0.573 e. The molecule has 1 aromatic rings. The molecular weight excluding hydrogens is 259 g/mol. The van der Waals surface area contributed by atoms with Crippen molar-refractivity contribution in [3.8, 4) is 5.75 Å². The molecule has 108 valence electrons. The third-order valence-electron chi connectivity index (χ3n) is 2.56. The second-order valence-electron chi connectivity index (χ2n) is 4.76. The SMILES string of the molecule is COC(C)(C)CNCc1cccc(OC(F)(F)F)c1. The topological polar surface area (TPSA) is 30.5 Å². The monoisotopic (exact) mass is 277 g/mol. The first-order chi connectivity index (χ1) is 8.72. The quantitative estimate of drug-likeness (QED) is 0.866. The average Bonchev–Trinajstić information content (AvgIpc) is 2.27. The van der Waals surface area contributed by atoms with Crippen molar-refractivity contribution in [1.29, 1.82) is 0 Å². The first-order valence-corrected chi connectivity index (χ1v) is 5.82. The van der Waals surface area contributed by atoms with Crippen LogP contribution >= 0.6 is 0 Å². The highest BCUT2D eigenvalue weighted by molar-refractivity contribution is 5.28. The molecule has 1 rings (SSSR count). The Labute approximate surface area is 110 Å². The Morgan fingerprint density at radius 1 is 1.21 bits per heavy atom. The Kier molecular flexibility index (Phi) is 5.20. The van der Waals surface area contributed by atoms with Crippen molar-refractivity contribution in [3.63, 3.8) is 0 Å². The summed E-state index contributed by atoms with van der Waals surface area (Å²) in [6.45, 7) is 4.88. The summed E-state index contributed by atoms with van der Waals surface area (Å²) in [5, 5.41) is 3.12. The van der Waals surface area contributed by atoms with Gasteiger partial charge in [-0.25, -0.2) is 0 Å². The van der Waals surface area contributed by atoms with Gasteiger partial charge in [-0.05, 0) is 31.5 Å². The number of ether oxygens (including phenoxy) is 2. The van der Waals surface area contributed by atoms with Crippen molar-refractivity contribution in [1.82, 2.24) is 5.32 Å². The van der Waals surface area contributed by atoms with E-state index in [4.69, 9.17) is 4.74 Å². The van der Waals surface area contributed by atoms with Crippen LogP contribution in [0.5, 0.6) is 5.75 Å². The maximum absolute atomic E-state index is 12.1. The van der Waals surface area contributed by atoms with Crippen LogP contribution in [0.4, 0.5) is 13.2 Å². The first-order valence-electron chi connectivity index (χ1n) is 5.82. The van der Waals surface area contributed by atoms with Crippen LogP contribution in [0.25, 0.3) is 0 Å². The number of halogens is 3. The fraction of sp³-hybridized carbons (Fsp3) is 0.538. The van der Waals surface area contributed by atoms with Gasteiger partial charge in [-0.1, -0.05) is 12.1 Å². The number of methoxy groups -OCH3 is 1. The maximum atomic E-state index is 12.1. The van der Waals surface area contributed by atoms with E-state index in [1.165, 1.54) is 18.2 Å². The molecule has 0 saturated heterocycles. The summed E-state index contributed by atoms with van der Waals surface area (Å²) in [6.07, 6.45) is -4.66. The van der Waals surface area contributed by atoms with Crippen molar-refractivity contribution in [2.24, 2.45) is 0 Å². The summed E-state index contributed by atoms with van der Waals surface area (Å²) in [5.41, 5.74) is 0.397. The second kappa shape index (κ2) is 6.25. The lowest BCUT2D eigenvalue weighted by Gasteiger charge is -2.23. The van der Waals surface area contributed by atoms with E-state index >= 15 is 0 Å². The summed E-state index contributed by atoms with van der Waals surface area (Å²) in [4.78, 5) is 0. The normalized spacial score (nSPS) is 12.5. The van der Waals surface area contributed by atoms with E-state index < -0.39 is 6.36 Å². The van der Waals surface area contributed by atoms with Gasteiger partial charge < -0.3 is 14.8 Å². The van der Waals surface area contributed by atoms with Gasteiger partial charge in [0.15, 0.2) is 0 Å². The fourth-order valence-corrected chi connectivity index (χ4v) is 1.43. The van der Waals surface area contributed by atoms with Gasteiger partial charge in [0, 0.05) is 20.2 Å². The van der Waals surface area contributed by atoms with Gasteiger partial charge in [0.05, 0.1) is 5.60 Å². The van der Waals surface area contributed by atoms with E-state index in [9.17, 15) is 13.2 Å². The van der Waals surface area contributed by atoms with E-state index in [1.54, 1.807) is 13.2 Å². The number of nitrogens with one attached hydrogen (secondary N) is 1. The zero-order valence-electron chi connectivity index (χ0n) is 11.2. The number of benzene rings is 1. The third kappa shape index (κ3) is 6.45.